The van der Waals surface area contributed by atoms with E-state index in [2.05, 4.69) is 10.3 Å². The summed E-state index contributed by atoms with van der Waals surface area (Å²) in [5.74, 6) is -0.490. The van der Waals surface area contributed by atoms with Crippen LogP contribution in [0.5, 0.6) is 0 Å². The lowest BCUT2D eigenvalue weighted by Gasteiger charge is -2.10. The van der Waals surface area contributed by atoms with E-state index in [0.717, 1.165) is 11.1 Å². The van der Waals surface area contributed by atoms with Crippen LogP contribution in [0.2, 0.25) is 0 Å². The van der Waals surface area contributed by atoms with Gasteiger partial charge < -0.3 is 20.1 Å². The van der Waals surface area contributed by atoms with Gasteiger partial charge in [-0.25, -0.2) is 4.39 Å². The highest BCUT2D eigenvalue weighted by Crippen LogP contribution is 2.19. The molecule has 0 fully saturated rings. The number of aromatic nitrogens is 1. The monoisotopic (exact) mass is 294 g/mol. The molecule has 1 heterocycles. The number of carbonyl (C=O) groups excluding carboxylic acids is 1. The molecule has 1 amide bonds. The molecule has 1 unspecified atom stereocenters. The topological polar surface area (TPSA) is 74.3 Å². The maximum Gasteiger partial charge on any atom is 0.224 e. The van der Waals surface area contributed by atoms with Crippen LogP contribution in [-0.2, 0) is 16.0 Å². The Labute approximate surface area is 122 Å². The van der Waals surface area contributed by atoms with Crippen LogP contribution < -0.4 is 5.32 Å². The molecule has 0 radical (unpaired) electrons. The summed E-state index contributed by atoms with van der Waals surface area (Å²) in [5, 5.41) is 12.9. The molecule has 0 aliphatic heterocycles. The second kappa shape index (κ2) is 7.19. The number of aliphatic hydroxyl groups is 1. The minimum absolute atomic E-state index is 0.162. The van der Waals surface area contributed by atoms with E-state index in [1.807, 2.05) is 0 Å². The van der Waals surface area contributed by atoms with E-state index in [0.29, 0.717) is 18.4 Å². The zero-order valence-electron chi connectivity index (χ0n) is 11.9. The van der Waals surface area contributed by atoms with Crippen LogP contribution in [0.4, 0.5) is 4.39 Å². The molecule has 6 heteroatoms. The maximum absolute atomic E-state index is 13.2. The number of halogens is 1. The first kappa shape index (κ1) is 15.5. The molecule has 2 rings (SSSR count). The van der Waals surface area contributed by atoms with Gasteiger partial charge in [0.25, 0.3) is 0 Å². The first-order valence-corrected chi connectivity index (χ1v) is 6.79. The number of fused-ring (bicyclic) bond motifs is 1. The molecular formula is C15H19FN2O3. The largest absolute Gasteiger partial charge is 0.391 e. The molecular weight excluding hydrogens is 275 g/mol. The predicted molar refractivity (Wildman–Crippen MR) is 77.5 cm³/mol. The normalized spacial score (nSPS) is 12.5. The summed E-state index contributed by atoms with van der Waals surface area (Å²) in [6.07, 6.45) is 1.73. The summed E-state index contributed by atoms with van der Waals surface area (Å²) < 4.78 is 18.0. The van der Waals surface area contributed by atoms with E-state index in [-0.39, 0.29) is 24.8 Å². The highest BCUT2D eigenvalue weighted by Gasteiger charge is 2.10. The van der Waals surface area contributed by atoms with Crippen molar-refractivity contribution in [1.29, 1.82) is 0 Å². The summed E-state index contributed by atoms with van der Waals surface area (Å²) in [7, 11) is 1.51. The molecule has 21 heavy (non-hydrogen) atoms. The van der Waals surface area contributed by atoms with E-state index >= 15 is 0 Å². The van der Waals surface area contributed by atoms with E-state index in [9.17, 15) is 14.3 Å². The molecule has 0 spiro atoms. The molecule has 0 aliphatic rings. The van der Waals surface area contributed by atoms with Gasteiger partial charge in [0.15, 0.2) is 0 Å². The van der Waals surface area contributed by atoms with Gasteiger partial charge in [0.2, 0.25) is 5.91 Å². The summed E-state index contributed by atoms with van der Waals surface area (Å²) in [6.45, 7) is 0.623. The van der Waals surface area contributed by atoms with Gasteiger partial charge in [-0.05, 0) is 30.2 Å². The summed E-state index contributed by atoms with van der Waals surface area (Å²) in [4.78, 5) is 14.9. The Morgan fingerprint density at radius 1 is 1.52 bits per heavy atom. The van der Waals surface area contributed by atoms with Crippen LogP contribution in [0.1, 0.15) is 12.0 Å². The van der Waals surface area contributed by atoms with E-state index in [4.69, 9.17) is 4.74 Å². The van der Waals surface area contributed by atoms with Crippen molar-refractivity contribution in [3.63, 3.8) is 0 Å². The third-order valence-electron chi connectivity index (χ3n) is 3.24. The molecule has 0 saturated heterocycles. The van der Waals surface area contributed by atoms with Crippen LogP contribution in [0.15, 0.2) is 24.4 Å². The number of hydrogen-bond acceptors (Lipinski definition) is 3. The fraction of sp³-hybridized carbons (Fsp3) is 0.400. The Morgan fingerprint density at radius 3 is 3.10 bits per heavy atom. The van der Waals surface area contributed by atoms with Gasteiger partial charge in [0, 0.05) is 30.8 Å². The summed E-state index contributed by atoms with van der Waals surface area (Å²) in [5.41, 5.74) is 1.55. The smallest absolute Gasteiger partial charge is 0.224 e. The maximum atomic E-state index is 13.2. The molecule has 114 valence electrons. The molecule has 5 nitrogen and oxygen atoms in total. The average molecular weight is 294 g/mol. The molecule has 1 aromatic heterocycles. The zero-order valence-corrected chi connectivity index (χ0v) is 11.9. The van der Waals surface area contributed by atoms with Crippen LogP contribution >= 0.6 is 0 Å². The average Bonchev–Trinajstić information content (AvgIpc) is 2.81. The molecule has 0 saturated carbocycles. The van der Waals surface area contributed by atoms with Crippen molar-refractivity contribution in [2.24, 2.45) is 0 Å². The van der Waals surface area contributed by atoms with Crippen LogP contribution in [0, 0.1) is 5.82 Å². The lowest BCUT2D eigenvalue weighted by molar-refractivity contribution is -0.120. The van der Waals surface area contributed by atoms with Crippen molar-refractivity contribution in [2.75, 3.05) is 20.3 Å². The lowest BCUT2D eigenvalue weighted by Crippen LogP contribution is -2.29. The molecule has 1 atom stereocenters. The van der Waals surface area contributed by atoms with Gasteiger partial charge in [-0.3, -0.25) is 4.79 Å². The Kier molecular flexibility index (Phi) is 5.30. The van der Waals surface area contributed by atoms with Crippen LogP contribution in [0.25, 0.3) is 10.9 Å². The third-order valence-corrected chi connectivity index (χ3v) is 3.24. The molecule has 3 N–H and O–H groups in total. The van der Waals surface area contributed by atoms with Crippen LogP contribution in [-0.4, -0.2) is 42.4 Å². The number of aliphatic hydroxyl groups excluding tert-OH is 1. The number of nitrogens with one attached hydrogen (secondary N) is 2. The Morgan fingerprint density at radius 2 is 2.33 bits per heavy atom. The van der Waals surface area contributed by atoms with Crippen molar-refractivity contribution in [3.8, 4) is 0 Å². The van der Waals surface area contributed by atoms with Crippen LogP contribution in [0.3, 0.4) is 0 Å². The lowest BCUT2D eigenvalue weighted by atomic mass is 10.1. The number of benzene rings is 1. The van der Waals surface area contributed by atoms with Crippen molar-refractivity contribution in [2.45, 2.75) is 18.9 Å². The first-order valence-electron chi connectivity index (χ1n) is 6.79. The van der Waals surface area contributed by atoms with Crippen molar-refractivity contribution >= 4 is 16.8 Å². The number of H-pyrrole nitrogens is 1. The second-order valence-electron chi connectivity index (χ2n) is 4.93. The molecule has 2 aromatic rings. The number of rotatable bonds is 7. The minimum atomic E-state index is -0.586. The van der Waals surface area contributed by atoms with Crippen molar-refractivity contribution < 1.29 is 19.0 Å². The number of hydrogen-bond donors (Lipinski definition) is 3. The van der Waals surface area contributed by atoms with E-state index in [1.54, 1.807) is 12.3 Å². The quantitative estimate of drug-likeness (QED) is 0.722. The van der Waals surface area contributed by atoms with E-state index < -0.39 is 6.10 Å². The van der Waals surface area contributed by atoms with E-state index in [1.165, 1.54) is 19.2 Å². The number of aromatic amines is 1. The standard InChI is InChI=1S/C15H19FN2O3/c1-21-9-12(19)4-5-17-15(20)6-10-8-18-14-3-2-11(16)7-13(10)14/h2-3,7-8,12,18-19H,4-6,9H2,1H3,(H,17,20). The zero-order chi connectivity index (χ0) is 15.2. The summed E-state index contributed by atoms with van der Waals surface area (Å²) in [6, 6.07) is 4.43. The summed E-state index contributed by atoms with van der Waals surface area (Å²) >= 11 is 0. The van der Waals surface area contributed by atoms with Gasteiger partial charge in [0.1, 0.15) is 5.82 Å². The second-order valence-corrected chi connectivity index (χ2v) is 4.93. The van der Waals surface area contributed by atoms with Gasteiger partial charge in [0.05, 0.1) is 19.1 Å². The van der Waals surface area contributed by atoms with Gasteiger partial charge in [-0.2, -0.15) is 0 Å². The number of methoxy groups -OCH3 is 1. The highest BCUT2D eigenvalue weighted by atomic mass is 19.1. The fourth-order valence-electron chi connectivity index (χ4n) is 2.19. The number of ether oxygens (including phenoxy) is 1. The SMILES string of the molecule is COCC(O)CCNC(=O)Cc1c[nH]c2ccc(F)cc12. The minimum Gasteiger partial charge on any atom is -0.391 e. The molecule has 0 aliphatic carbocycles. The highest BCUT2D eigenvalue weighted by molar-refractivity contribution is 5.88. The van der Waals surface area contributed by atoms with Gasteiger partial charge in [-0.15, -0.1) is 0 Å². The molecule has 1 aromatic carbocycles. The van der Waals surface area contributed by atoms with Crippen molar-refractivity contribution in [3.05, 3.63) is 35.8 Å². The van der Waals surface area contributed by atoms with Gasteiger partial charge in [-0.1, -0.05) is 0 Å². The Balaban J connectivity index is 1.88. The Bertz CT molecular complexity index is 612. The van der Waals surface area contributed by atoms with Crippen molar-refractivity contribution in [1.82, 2.24) is 10.3 Å². The van der Waals surface area contributed by atoms with Gasteiger partial charge >= 0.3 is 0 Å². The predicted octanol–water partition coefficient (Wildman–Crippen LogP) is 1.36. The number of carbonyl (C=O) groups is 1. The first-order chi connectivity index (χ1) is 10.1. The third kappa shape index (κ3) is 4.27. The fourth-order valence-corrected chi connectivity index (χ4v) is 2.19. The number of amides is 1. The molecule has 0 bridgehead atoms. The Hall–Kier alpha value is -1.92.